The zero-order valence-electron chi connectivity index (χ0n) is 9.55. The summed E-state index contributed by atoms with van der Waals surface area (Å²) in [5.74, 6) is -1.32. The van der Waals surface area contributed by atoms with Crippen molar-refractivity contribution in [1.82, 2.24) is 0 Å². The van der Waals surface area contributed by atoms with Crippen molar-refractivity contribution >= 4 is 12.4 Å². The van der Waals surface area contributed by atoms with Gasteiger partial charge >= 0.3 is 58.4 Å². The van der Waals surface area contributed by atoms with Crippen LogP contribution in [0.5, 0.6) is 5.75 Å². The first-order valence-electron chi connectivity index (χ1n) is 4.65. The van der Waals surface area contributed by atoms with Crippen molar-refractivity contribution in [3.8, 4) is 5.75 Å². The zero-order valence-corrected chi connectivity index (χ0v) is 12.7. The van der Waals surface area contributed by atoms with Crippen LogP contribution in [0.2, 0.25) is 0 Å². The second kappa shape index (κ2) is 7.75. The van der Waals surface area contributed by atoms with Crippen molar-refractivity contribution in [2.24, 2.45) is 0 Å². The van der Waals surface area contributed by atoms with Gasteiger partial charge in [-0.1, -0.05) is 11.5 Å². The van der Waals surface area contributed by atoms with Gasteiger partial charge in [-0.15, -0.1) is 0 Å². The Balaban J connectivity index is 0.00000256. The number of rotatable bonds is 5. The Morgan fingerprint density at radius 1 is 1.24 bits per heavy atom. The molecule has 1 aromatic carbocycles. The van der Waals surface area contributed by atoms with E-state index in [4.69, 9.17) is 9.47 Å². The first-order chi connectivity index (χ1) is 7.45. The van der Waals surface area contributed by atoms with E-state index in [1.807, 2.05) is 0 Å². The maximum Gasteiger partial charge on any atom is 1.00 e. The van der Waals surface area contributed by atoms with Gasteiger partial charge < -0.3 is 22.4 Å². The average Bonchev–Trinajstić information content (AvgIpc) is 2.16. The molecule has 0 aliphatic heterocycles. The smallest absolute Gasteiger partial charge is 0.470 e. The van der Waals surface area contributed by atoms with Gasteiger partial charge in [0, 0.05) is 12.7 Å². The summed E-state index contributed by atoms with van der Waals surface area (Å²) in [5.41, 5.74) is -0.957. The molecule has 0 N–H and O–H groups in total. The Morgan fingerprint density at radius 2 is 1.88 bits per heavy atom. The molecular formula is C9H10BF4KO2. The summed E-state index contributed by atoms with van der Waals surface area (Å²) in [6.45, 7) is -3.58. The van der Waals surface area contributed by atoms with E-state index >= 15 is 0 Å². The predicted octanol–water partition coefficient (Wildman–Crippen LogP) is -0.743. The third-order valence-electron chi connectivity index (χ3n) is 1.83. The molecule has 0 aliphatic rings. The summed E-state index contributed by atoms with van der Waals surface area (Å²) >= 11 is 0. The van der Waals surface area contributed by atoms with Crippen LogP contribution in [0, 0.1) is 5.82 Å². The molecule has 0 saturated heterocycles. The van der Waals surface area contributed by atoms with Gasteiger partial charge in [-0.05, 0) is 13.0 Å². The molecule has 0 aliphatic carbocycles. The van der Waals surface area contributed by atoms with E-state index in [9.17, 15) is 17.3 Å². The van der Waals surface area contributed by atoms with Gasteiger partial charge in [-0.25, -0.2) is 4.39 Å². The third kappa shape index (κ3) is 5.71. The summed E-state index contributed by atoms with van der Waals surface area (Å²) in [5, 5.41) is 0. The van der Waals surface area contributed by atoms with Crippen molar-refractivity contribution in [1.29, 1.82) is 0 Å². The number of ether oxygens (including phenoxy) is 2. The molecule has 0 spiro atoms. The molecule has 17 heavy (non-hydrogen) atoms. The Labute approximate surface area is 139 Å². The van der Waals surface area contributed by atoms with Crippen molar-refractivity contribution < 1.29 is 78.2 Å². The molecule has 0 unspecified atom stereocenters. The van der Waals surface area contributed by atoms with Gasteiger partial charge in [-0.2, -0.15) is 0 Å². The van der Waals surface area contributed by atoms with E-state index in [0.29, 0.717) is 18.7 Å². The summed E-state index contributed by atoms with van der Waals surface area (Å²) in [4.78, 5) is 0. The van der Waals surface area contributed by atoms with Gasteiger partial charge in [0.1, 0.15) is 5.82 Å². The fraction of sp³-hybridized carbons (Fsp3) is 0.333. The number of hydrogen-bond acceptors (Lipinski definition) is 2. The molecule has 0 radical (unpaired) electrons. The van der Waals surface area contributed by atoms with E-state index in [1.165, 1.54) is 0 Å². The molecule has 90 valence electrons. The van der Waals surface area contributed by atoms with Crippen molar-refractivity contribution in [2.45, 2.75) is 6.92 Å². The Morgan fingerprint density at radius 3 is 2.41 bits per heavy atom. The van der Waals surface area contributed by atoms with E-state index in [0.717, 1.165) is 6.07 Å². The average molecular weight is 276 g/mol. The van der Waals surface area contributed by atoms with Crippen LogP contribution in [-0.4, -0.2) is 20.4 Å². The predicted molar refractivity (Wildman–Crippen MR) is 52.2 cm³/mol. The molecular weight excluding hydrogens is 266 g/mol. The largest absolute Gasteiger partial charge is 1.00 e. The summed E-state index contributed by atoms with van der Waals surface area (Å²) < 4.78 is 59.7. The summed E-state index contributed by atoms with van der Waals surface area (Å²) in [6.07, 6.45) is 0. The van der Waals surface area contributed by atoms with Crippen LogP contribution in [0.15, 0.2) is 18.2 Å². The van der Waals surface area contributed by atoms with Crippen LogP contribution < -0.4 is 61.6 Å². The second-order valence-corrected chi connectivity index (χ2v) is 3.01. The van der Waals surface area contributed by atoms with E-state index in [1.54, 1.807) is 6.92 Å². The van der Waals surface area contributed by atoms with Gasteiger partial charge in [0.05, 0.1) is 5.75 Å². The number of hydrogen-bond donors (Lipinski definition) is 0. The molecule has 2 nitrogen and oxygen atoms in total. The maximum absolute atomic E-state index is 12.8. The van der Waals surface area contributed by atoms with Crippen LogP contribution in [0.3, 0.4) is 0 Å². The Hall–Kier alpha value is 0.401. The summed E-state index contributed by atoms with van der Waals surface area (Å²) in [6, 6.07) is 2.11. The van der Waals surface area contributed by atoms with Gasteiger partial charge in [-0.3, -0.25) is 0 Å². The zero-order chi connectivity index (χ0) is 12.2. The number of halogens is 4. The minimum Gasteiger partial charge on any atom is -0.470 e. The molecule has 0 atom stereocenters. The molecule has 0 saturated carbocycles. The first kappa shape index (κ1) is 17.4. The Kier molecular flexibility index (Phi) is 7.94. The van der Waals surface area contributed by atoms with E-state index < -0.39 is 24.0 Å². The molecule has 0 fully saturated rings. The number of benzene rings is 1. The van der Waals surface area contributed by atoms with Crippen molar-refractivity contribution in [2.75, 3.05) is 13.4 Å². The van der Waals surface area contributed by atoms with Gasteiger partial charge in [0.25, 0.3) is 0 Å². The molecule has 0 amide bonds. The second-order valence-electron chi connectivity index (χ2n) is 3.01. The van der Waals surface area contributed by atoms with Crippen LogP contribution in [0.1, 0.15) is 6.92 Å². The molecule has 0 heterocycles. The van der Waals surface area contributed by atoms with Crippen LogP contribution in [0.25, 0.3) is 0 Å². The topological polar surface area (TPSA) is 18.5 Å². The van der Waals surface area contributed by atoms with Gasteiger partial charge in [0.2, 0.25) is 0 Å². The minimum absolute atomic E-state index is 0. The first-order valence-corrected chi connectivity index (χ1v) is 4.65. The molecule has 8 heteroatoms. The minimum atomic E-state index is -5.22. The molecule has 1 aromatic rings. The maximum atomic E-state index is 12.8. The molecule has 0 bridgehead atoms. The van der Waals surface area contributed by atoms with Gasteiger partial charge in [0.15, 0.2) is 6.79 Å². The van der Waals surface area contributed by atoms with E-state index in [-0.39, 0.29) is 58.2 Å². The fourth-order valence-corrected chi connectivity index (χ4v) is 1.09. The third-order valence-corrected chi connectivity index (χ3v) is 1.83. The normalized spacial score (nSPS) is 10.9. The SMILES string of the molecule is CCOCOc1cc(F)ccc1[B-](F)(F)F.[K+]. The van der Waals surface area contributed by atoms with Crippen LogP contribution >= 0.6 is 0 Å². The molecule has 1 rings (SSSR count). The quantitative estimate of drug-likeness (QED) is 0.305. The summed E-state index contributed by atoms with van der Waals surface area (Å²) in [7, 11) is 0. The monoisotopic (exact) mass is 276 g/mol. The fourth-order valence-electron chi connectivity index (χ4n) is 1.09. The van der Waals surface area contributed by atoms with Crippen LogP contribution in [0.4, 0.5) is 17.3 Å². The van der Waals surface area contributed by atoms with E-state index in [2.05, 4.69) is 0 Å². The standard InChI is InChI=1S/C9H10BF4O2.K/c1-2-15-6-16-9-5-7(11)3-4-8(9)10(12,13)14;/h3-5H,2,6H2,1H3;/q-1;+1. The van der Waals surface area contributed by atoms with Crippen LogP contribution in [-0.2, 0) is 4.74 Å². The Bertz CT molecular complexity index is 359. The molecule has 0 aromatic heterocycles. The van der Waals surface area contributed by atoms with Crippen molar-refractivity contribution in [3.63, 3.8) is 0 Å². The van der Waals surface area contributed by atoms with Crippen molar-refractivity contribution in [3.05, 3.63) is 24.0 Å².